The molecule has 32 heavy (non-hydrogen) atoms. The maximum atomic E-state index is 12.7. The second-order valence-electron chi connectivity index (χ2n) is 8.64. The first-order chi connectivity index (χ1) is 15.6. The Labute approximate surface area is 188 Å². The Morgan fingerprint density at radius 2 is 1.47 bits per heavy atom. The highest BCUT2D eigenvalue weighted by molar-refractivity contribution is 6.23. The summed E-state index contributed by atoms with van der Waals surface area (Å²) in [6, 6.07) is 29.2. The van der Waals surface area contributed by atoms with E-state index in [1.165, 1.54) is 37.9 Å². The summed E-state index contributed by atoms with van der Waals surface area (Å²) in [7, 11) is 1.77. The van der Waals surface area contributed by atoms with Crippen molar-refractivity contribution in [1.82, 2.24) is 4.90 Å². The van der Waals surface area contributed by atoms with Crippen LogP contribution in [0.1, 0.15) is 30.1 Å². The summed E-state index contributed by atoms with van der Waals surface area (Å²) in [5.74, 6) is 0.0673. The molecule has 3 heteroatoms. The predicted molar refractivity (Wildman–Crippen MR) is 132 cm³/mol. The van der Waals surface area contributed by atoms with Gasteiger partial charge in [0.1, 0.15) is 0 Å². The molecule has 0 bridgehead atoms. The minimum atomic E-state index is -0.664. The quantitative estimate of drug-likeness (QED) is 0.323. The molecule has 0 aliphatic carbocycles. The van der Waals surface area contributed by atoms with Gasteiger partial charge in [0.25, 0.3) is 0 Å². The Hall–Kier alpha value is -3.43. The van der Waals surface area contributed by atoms with E-state index in [0.717, 1.165) is 18.4 Å². The van der Waals surface area contributed by atoms with Crippen molar-refractivity contribution in [2.45, 2.75) is 25.4 Å². The number of rotatable bonds is 7. The number of aryl methyl sites for hydroxylation is 1. The maximum Gasteiger partial charge on any atom is 0.222 e. The van der Waals surface area contributed by atoms with E-state index in [1.54, 1.807) is 11.9 Å². The van der Waals surface area contributed by atoms with Crippen LogP contribution in [-0.2, 0) is 11.2 Å². The summed E-state index contributed by atoms with van der Waals surface area (Å²) in [6.45, 7) is 0.307. The molecule has 0 aliphatic rings. The van der Waals surface area contributed by atoms with E-state index in [4.69, 9.17) is 0 Å². The summed E-state index contributed by atoms with van der Waals surface area (Å²) in [4.78, 5) is 14.3. The first-order valence-electron chi connectivity index (χ1n) is 11.2. The van der Waals surface area contributed by atoms with Gasteiger partial charge in [-0.2, -0.15) is 0 Å². The second kappa shape index (κ2) is 8.60. The minimum absolute atomic E-state index is 0.0673. The molecule has 5 aromatic carbocycles. The lowest BCUT2D eigenvalue weighted by molar-refractivity contribution is -0.131. The van der Waals surface area contributed by atoms with Crippen LogP contribution in [0.3, 0.4) is 0 Å². The predicted octanol–water partition coefficient (Wildman–Crippen LogP) is 6.10. The number of aliphatic hydroxyl groups is 1. The molecule has 1 unspecified atom stereocenters. The average molecular weight is 422 g/mol. The zero-order valence-electron chi connectivity index (χ0n) is 18.3. The van der Waals surface area contributed by atoms with E-state index in [2.05, 4.69) is 54.6 Å². The Morgan fingerprint density at radius 1 is 0.812 bits per heavy atom. The van der Waals surface area contributed by atoms with Crippen LogP contribution in [0.2, 0.25) is 0 Å². The third-order valence-corrected chi connectivity index (χ3v) is 6.51. The third kappa shape index (κ3) is 3.80. The molecular formula is C29H27NO2. The molecule has 1 atom stereocenters. The zero-order chi connectivity index (χ0) is 22.1. The Morgan fingerprint density at radius 3 is 2.22 bits per heavy atom. The third-order valence-electron chi connectivity index (χ3n) is 6.51. The fraction of sp³-hybridized carbons (Fsp3) is 0.207. The molecule has 0 saturated carbocycles. The highest BCUT2D eigenvalue weighted by Gasteiger charge is 2.16. The normalized spacial score (nSPS) is 12.6. The Balaban J connectivity index is 1.28. The topological polar surface area (TPSA) is 40.5 Å². The van der Waals surface area contributed by atoms with Crippen LogP contribution in [0.25, 0.3) is 32.3 Å². The smallest absolute Gasteiger partial charge is 0.222 e. The number of benzene rings is 5. The lowest BCUT2D eigenvalue weighted by atomic mass is 9.90. The molecule has 0 spiro atoms. The van der Waals surface area contributed by atoms with Gasteiger partial charge in [0.15, 0.2) is 0 Å². The first kappa shape index (κ1) is 20.5. The van der Waals surface area contributed by atoms with E-state index >= 15 is 0 Å². The van der Waals surface area contributed by atoms with Crippen LogP contribution in [0, 0.1) is 0 Å². The summed E-state index contributed by atoms with van der Waals surface area (Å²) in [6.07, 6.45) is 1.45. The highest BCUT2D eigenvalue weighted by Crippen LogP contribution is 2.36. The van der Waals surface area contributed by atoms with Crippen LogP contribution >= 0.6 is 0 Å². The van der Waals surface area contributed by atoms with Crippen molar-refractivity contribution in [3.63, 3.8) is 0 Å². The van der Waals surface area contributed by atoms with Crippen molar-refractivity contribution < 1.29 is 9.90 Å². The molecular weight excluding hydrogens is 394 g/mol. The van der Waals surface area contributed by atoms with Crippen molar-refractivity contribution in [3.8, 4) is 0 Å². The monoisotopic (exact) mass is 421 g/mol. The summed E-state index contributed by atoms with van der Waals surface area (Å²) in [5.41, 5.74) is 2.12. The Bertz CT molecular complexity index is 1360. The van der Waals surface area contributed by atoms with Gasteiger partial charge < -0.3 is 10.0 Å². The summed E-state index contributed by atoms with van der Waals surface area (Å²) in [5, 5.41) is 18.1. The van der Waals surface area contributed by atoms with Gasteiger partial charge >= 0.3 is 0 Å². The summed E-state index contributed by atoms with van der Waals surface area (Å²) >= 11 is 0. The standard InChI is InChI=1S/C29H27NO2/c1-30(19-26(31)21-7-3-2-4-8-21)27(32)12-6-9-20-13-14-24-16-15-22-10-5-11-23-17-18-25(20)29(24)28(22)23/h2-5,7-8,10-11,13-18,26,31H,6,9,12,19H2,1H3. The number of aliphatic hydroxyl groups excluding tert-OH is 1. The van der Waals surface area contributed by atoms with E-state index < -0.39 is 6.10 Å². The van der Waals surface area contributed by atoms with Crippen LogP contribution in [-0.4, -0.2) is 29.5 Å². The van der Waals surface area contributed by atoms with Gasteiger partial charge in [0.05, 0.1) is 12.6 Å². The number of carbonyl (C=O) groups excluding carboxylic acids is 1. The molecule has 1 N–H and O–H groups in total. The molecule has 3 nitrogen and oxygen atoms in total. The molecule has 5 aromatic rings. The number of hydrogen-bond acceptors (Lipinski definition) is 2. The number of carbonyl (C=O) groups is 1. The van der Waals surface area contributed by atoms with Crippen LogP contribution < -0.4 is 0 Å². The van der Waals surface area contributed by atoms with Crippen molar-refractivity contribution in [1.29, 1.82) is 0 Å². The molecule has 0 heterocycles. The number of hydrogen-bond donors (Lipinski definition) is 1. The van der Waals surface area contributed by atoms with Crippen LogP contribution in [0.15, 0.2) is 84.9 Å². The molecule has 0 fully saturated rings. The lowest BCUT2D eigenvalue weighted by Gasteiger charge is -2.21. The van der Waals surface area contributed by atoms with E-state index in [9.17, 15) is 9.90 Å². The van der Waals surface area contributed by atoms with Gasteiger partial charge in [-0.3, -0.25) is 4.79 Å². The van der Waals surface area contributed by atoms with Crippen LogP contribution in [0.5, 0.6) is 0 Å². The van der Waals surface area contributed by atoms with Gasteiger partial charge in [0.2, 0.25) is 5.91 Å². The van der Waals surface area contributed by atoms with Crippen LogP contribution in [0.4, 0.5) is 0 Å². The number of likely N-dealkylation sites (N-methyl/N-ethyl adjacent to an activating group) is 1. The second-order valence-corrected chi connectivity index (χ2v) is 8.64. The van der Waals surface area contributed by atoms with E-state index in [0.29, 0.717) is 13.0 Å². The van der Waals surface area contributed by atoms with Crippen molar-refractivity contribution in [2.24, 2.45) is 0 Å². The zero-order valence-corrected chi connectivity index (χ0v) is 18.3. The largest absolute Gasteiger partial charge is 0.387 e. The van der Waals surface area contributed by atoms with Gasteiger partial charge in [-0.05, 0) is 56.3 Å². The van der Waals surface area contributed by atoms with Gasteiger partial charge in [-0.15, -0.1) is 0 Å². The Kier molecular flexibility index (Phi) is 5.50. The molecule has 0 saturated heterocycles. The number of nitrogens with zero attached hydrogens (tertiary/aromatic N) is 1. The summed E-state index contributed by atoms with van der Waals surface area (Å²) < 4.78 is 0. The molecule has 0 aliphatic heterocycles. The van der Waals surface area contributed by atoms with E-state index in [1.807, 2.05) is 30.3 Å². The van der Waals surface area contributed by atoms with Gasteiger partial charge in [-0.1, -0.05) is 84.9 Å². The molecule has 160 valence electrons. The van der Waals surface area contributed by atoms with Gasteiger partial charge in [-0.25, -0.2) is 0 Å². The minimum Gasteiger partial charge on any atom is -0.387 e. The van der Waals surface area contributed by atoms with Gasteiger partial charge in [0, 0.05) is 13.5 Å². The molecule has 5 rings (SSSR count). The fourth-order valence-corrected chi connectivity index (χ4v) is 4.78. The molecule has 0 radical (unpaired) electrons. The first-order valence-corrected chi connectivity index (χ1v) is 11.2. The lowest BCUT2D eigenvalue weighted by Crippen LogP contribution is -2.30. The number of amides is 1. The van der Waals surface area contributed by atoms with E-state index in [-0.39, 0.29) is 5.91 Å². The maximum absolute atomic E-state index is 12.7. The van der Waals surface area contributed by atoms with Crippen molar-refractivity contribution in [3.05, 3.63) is 96.1 Å². The molecule has 1 amide bonds. The highest BCUT2D eigenvalue weighted by atomic mass is 16.3. The fourth-order valence-electron chi connectivity index (χ4n) is 4.78. The SMILES string of the molecule is CN(CC(O)c1ccccc1)C(=O)CCCc1ccc2ccc3cccc4ccc1c2c34. The molecule has 0 aromatic heterocycles. The van der Waals surface area contributed by atoms with Crippen molar-refractivity contribution in [2.75, 3.05) is 13.6 Å². The van der Waals surface area contributed by atoms with Crippen molar-refractivity contribution >= 4 is 38.2 Å². The average Bonchev–Trinajstić information content (AvgIpc) is 2.83.